The average molecular weight is 625 g/mol. The van der Waals surface area contributed by atoms with E-state index in [0.717, 1.165) is 6.08 Å². The molecule has 2 aliphatic rings. The van der Waals surface area contributed by atoms with Gasteiger partial charge in [0.25, 0.3) is 0 Å². The number of aliphatic hydroxyl groups is 5. The van der Waals surface area contributed by atoms with Crippen molar-refractivity contribution in [3.05, 3.63) is 53.6 Å². The van der Waals surface area contributed by atoms with Crippen molar-refractivity contribution in [3.8, 4) is 23.0 Å². The minimum atomic E-state index is -1.77. The van der Waals surface area contributed by atoms with Crippen LogP contribution >= 0.6 is 0 Å². The van der Waals surface area contributed by atoms with Crippen molar-refractivity contribution in [2.45, 2.75) is 74.8 Å². The summed E-state index contributed by atoms with van der Waals surface area (Å²) < 4.78 is 28.2. The summed E-state index contributed by atoms with van der Waals surface area (Å²) in [5.74, 6) is -2.40. The predicted octanol–water partition coefficient (Wildman–Crippen LogP) is -1.02. The van der Waals surface area contributed by atoms with Crippen molar-refractivity contribution in [1.82, 2.24) is 0 Å². The third kappa shape index (κ3) is 7.76. The van der Waals surface area contributed by atoms with Gasteiger partial charge in [-0.05, 0) is 54.8 Å². The van der Waals surface area contributed by atoms with Crippen LogP contribution in [0.25, 0.3) is 6.08 Å². The van der Waals surface area contributed by atoms with Gasteiger partial charge in [-0.2, -0.15) is 0 Å². The van der Waals surface area contributed by atoms with Crippen LogP contribution in [-0.2, 0) is 34.9 Å². The van der Waals surface area contributed by atoms with E-state index in [9.17, 15) is 50.8 Å². The fourth-order valence-corrected chi connectivity index (χ4v) is 4.76. The van der Waals surface area contributed by atoms with Gasteiger partial charge in [0.1, 0.15) is 36.6 Å². The standard InChI is InChI=1S/C29H36O15/c1-13-22(36)23(37)24(38)29(41-13)44-27-25(39)28(40-9-8-15-3-6-17(32)19(34)11-15)42-20(12-30)26(27)43-21(35)7-4-14-2-5-16(31)18(33)10-14/h2-7,10-11,13,20,22-34,36-39H,8-9,12H2,1H3/t13-,20+,22-,23+,24+,25+,26+,27+,28+,29-/m1/s1. The number of esters is 1. The number of carbonyl (C=O) groups is 1. The predicted molar refractivity (Wildman–Crippen MR) is 147 cm³/mol. The summed E-state index contributed by atoms with van der Waals surface area (Å²) in [5, 5.41) is 90.5. The molecule has 0 amide bonds. The van der Waals surface area contributed by atoms with Crippen LogP contribution in [0, 0.1) is 0 Å². The van der Waals surface area contributed by atoms with E-state index in [2.05, 4.69) is 0 Å². The Morgan fingerprint density at radius 3 is 2.16 bits per heavy atom. The number of aliphatic hydroxyl groups excluding tert-OH is 5. The molecule has 4 rings (SSSR count). The van der Waals surface area contributed by atoms with E-state index in [0.29, 0.717) is 11.1 Å². The van der Waals surface area contributed by atoms with Crippen molar-refractivity contribution in [1.29, 1.82) is 0 Å². The molecule has 2 heterocycles. The molecular weight excluding hydrogens is 588 g/mol. The second kappa shape index (κ2) is 14.5. The number of phenols is 4. The monoisotopic (exact) mass is 624 g/mol. The zero-order valence-corrected chi connectivity index (χ0v) is 23.5. The maximum absolute atomic E-state index is 12.8. The summed E-state index contributed by atoms with van der Waals surface area (Å²) in [4.78, 5) is 12.8. The molecule has 0 bridgehead atoms. The van der Waals surface area contributed by atoms with Gasteiger partial charge in [-0.1, -0.05) is 12.1 Å². The van der Waals surface area contributed by atoms with Crippen molar-refractivity contribution >= 4 is 12.0 Å². The number of aromatic hydroxyl groups is 4. The maximum Gasteiger partial charge on any atom is 0.331 e. The molecule has 0 aliphatic carbocycles. The van der Waals surface area contributed by atoms with Gasteiger partial charge in [0.05, 0.1) is 19.3 Å². The number of rotatable bonds is 10. The highest BCUT2D eigenvalue weighted by Crippen LogP contribution is 2.32. The number of ether oxygens (including phenoxy) is 5. The second-order valence-corrected chi connectivity index (χ2v) is 10.4. The molecule has 9 N–H and O–H groups in total. The van der Waals surface area contributed by atoms with Gasteiger partial charge in [-0.25, -0.2) is 4.79 Å². The Morgan fingerprint density at radius 2 is 1.50 bits per heavy atom. The number of hydrogen-bond donors (Lipinski definition) is 9. The highest BCUT2D eigenvalue weighted by molar-refractivity contribution is 5.87. The molecule has 0 unspecified atom stereocenters. The van der Waals surface area contributed by atoms with Crippen LogP contribution < -0.4 is 0 Å². The summed E-state index contributed by atoms with van der Waals surface area (Å²) in [6.45, 7) is 0.606. The van der Waals surface area contributed by atoms with E-state index in [1.807, 2.05) is 0 Å². The molecule has 2 saturated heterocycles. The molecule has 2 aliphatic heterocycles. The molecule has 15 nitrogen and oxygen atoms in total. The Balaban J connectivity index is 1.52. The van der Waals surface area contributed by atoms with Crippen LogP contribution in [0.1, 0.15) is 18.1 Å². The SMILES string of the molecule is C[C@H]1O[C@H](O[C@H]2[C@H](O)[C@@H](OCCc3ccc(O)c(O)c3)O[C@@H](CO)[C@@H]2OC(=O)C=Cc2ccc(O)c(O)c2)[C@@H](O)[C@@H](O)[C@@H]1O. The fourth-order valence-electron chi connectivity index (χ4n) is 4.76. The van der Waals surface area contributed by atoms with E-state index in [1.54, 1.807) is 6.07 Å². The number of phenolic OH excluding ortho intramolecular Hbond substituents is 4. The number of benzene rings is 2. The quantitative estimate of drug-likeness (QED) is 0.0873. The maximum atomic E-state index is 12.8. The van der Waals surface area contributed by atoms with Crippen LogP contribution in [0.2, 0.25) is 0 Å². The van der Waals surface area contributed by atoms with Gasteiger partial charge in [-0.3, -0.25) is 0 Å². The Bertz CT molecular complexity index is 1300. The summed E-state index contributed by atoms with van der Waals surface area (Å²) in [6.07, 6.45) is -12.6. The smallest absolute Gasteiger partial charge is 0.331 e. The lowest BCUT2D eigenvalue weighted by atomic mass is 9.97. The van der Waals surface area contributed by atoms with Crippen molar-refractivity contribution in [3.63, 3.8) is 0 Å². The minimum absolute atomic E-state index is 0.0754. The Labute approximate surface area is 251 Å². The highest BCUT2D eigenvalue weighted by Gasteiger charge is 2.52. The van der Waals surface area contributed by atoms with E-state index >= 15 is 0 Å². The van der Waals surface area contributed by atoms with E-state index in [1.165, 1.54) is 43.3 Å². The molecular formula is C29H36O15. The molecule has 0 saturated carbocycles. The topological polar surface area (TPSA) is 245 Å². The molecule has 10 atom stereocenters. The van der Waals surface area contributed by atoms with Gasteiger partial charge in [0.2, 0.25) is 0 Å². The normalized spacial score (nSPS) is 32.5. The fraction of sp³-hybridized carbons (Fsp3) is 0.483. The number of hydrogen-bond acceptors (Lipinski definition) is 15. The van der Waals surface area contributed by atoms with Gasteiger partial charge < -0.3 is 69.6 Å². The zero-order valence-electron chi connectivity index (χ0n) is 23.5. The summed E-state index contributed by atoms with van der Waals surface area (Å²) in [5.41, 5.74) is 0.914. The van der Waals surface area contributed by atoms with E-state index in [4.69, 9.17) is 23.7 Å². The Morgan fingerprint density at radius 1 is 0.818 bits per heavy atom. The summed E-state index contributed by atoms with van der Waals surface area (Å²) >= 11 is 0. The third-order valence-corrected chi connectivity index (χ3v) is 7.27. The average Bonchev–Trinajstić information content (AvgIpc) is 2.99. The first-order valence-corrected chi connectivity index (χ1v) is 13.7. The van der Waals surface area contributed by atoms with Gasteiger partial charge in [0.15, 0.2) is 41.7 Å². The van der Waals surface area contributed by atoms with Crippen LogP contribution in [0.3, 0.4) is 0 Å². The van der Waals surface area contributed by atoms with Crippen molar-refractivity contribution < 1.29 is 74.4 Å². The molecule has 15 heteroatoms. The lowest BCUT2D eigenvalue weighted by Crippen LogP contribution is -2.65. The van der Waals surface area contributed by atoms with Crippen molar-refractivity contribution in [2.24, 2.45) is 0 Å². The van der Waals surface area contributed by atoms with E-state index < -0.39 is 79.7 Å². The minimum Gasteiger partial charge on any atom is -0.504 e. The van der Waals surface area contributed by atoms with Crippen LogP contribution in [0.4, 0.5) is 0 Å². The van der Waals surface area contributed by atoms with Gasteiger partial charge in [-0.15, -0.1) is 0 Å². The van der Waals surface area contributed by atoms with Crippen LogP contribution in [0.5, 0.6) is 23.0 Å². The molecule has 242 valence electrons. The number of carbonyl (C=O) groups excluding carboxylic acids is 1. The Kier molecular flexibility index (Phi) is 11.0. The molecule has 0 spiro atoms. The third-order valence-electron chi connectivity index (χ3n) is 7.27. The first-order chi connectivity index (χ1) is 20.9. The lowest BCUT2D eigenvalue weighted by molar-refractivity contribution is -0.357. The first kappa shape index (κ1) is 33.4. The largest absolute Gasteiger partial charge is 0.504 e. The summed E-state index contributed by atoms with van der Waals surface area (Å²) in [6, 6.07) is 7.98. The van der Waals surface area contributed by atoms with Crippen molar-refractivity contribution in [2.75, 3.05) is 13.2 Å². The van der Waals surface area contributed by atoms with Gasteiger partial charge in [0, 0.05) is 6.08 Å². The molecule has 2 aromatic rings. The first-order valence-electron chi connectivity index (χ1n) is 13.7. The van der Waals surface area contributed by atoms with E-state index in [-0.39, 0.29) is 30.3 Å². The Hall–Kier alpha value is -3.51. The van der Waals surface area contributed by atoms with Crippen LogP contribution in [0.15, 0.2) is 42.5 Å². The molecule has 0 aromatic heterocycles. The lowest BCUT2D eigenvalue weighted by Gasteiger charge is -2.46. The van der Waals surface area contributed by atoms with Gasteiger partial charge >= 0.3 is 5.97 Å². The second-order valence-electron chi connectivity index (χ2n) is 10.4. The summed E-state index contributed by atoms with van der Waals surface area (Å²) in [7, 11) is 0. The molecule has 2 aromatic carbocycles. The molecule has 44 heavy (non-hydrogen) atoms. The molecule has 2 fully saturated rings. The molecule has 0 radical (unpaired) electrons. The zero-order chi connectivity index (χ0) is 32.1. The highest BCUT2D eigenvalue weighted by atomic mass is 16.7. The van der Waals surface area contributed by atoms with Crippen LogP contribution in [-0.4, -0.2) is 127 Å².